The second kappa shape index (κ2) is 5.07. The number of nitrogens with zero attached hydrogens (tertiary/aromatic N) is 1. The van der Waals surface area contributed by atoms with Gasteiger partial charge in [0.2, 0.25) is 0 Å². The van der Waals surface area contributed by atoms with E-state index in [1.54, 1.807) is 11.0 Å². The SMILES string of the molecule is C[C@@H]1CN(C(=O)c2ccc(C(=O)O)s2)C[C@H](C)O1. The fraction of sp³-hybridized carbons (Fsp3) is 0.500. The summed E-state index contributed by atoms with van der Waals surface area (Å²) in [5.41, 5.74) is 0. The van der Waals surface area contributed by atoms with Gasteiger partial charge in [-0.1, -0.05) is 0 Å². The molecule has 2 rings (SSSR count). The molecule has 6 heteroatoms. The molecule has 1 saturated heterocycles. The van der Waals surface area contributed by atoms with Gasteiger partial charge in [-0.3, -0.25) is 4.79 Å². The maximum Gasteiger partial charge on any atom is 0.345 e. The summed E-state index contributed by atoms with van der Waals surface area (Å²) in [6.07, 6.45) is 0.0215. The van der Waals surface area contributed by atoms with Crippen molar-refractivity contribution in [1.82, 2.24) is 4.90 Å². The highest BCUT2D eigenvalue weighted by atomic mass is 32.1. The zero-order valence-corrected chi connectivity index (χ0v) is 11.1. The highest BCUT2D eigenvalue weighted by Crippen LogP contribution is 2.20. The Kier molecular flexibility index (Phi) is 3.68. The van der Waals surface area contributed by atoms with Gasteiger partial charge in [0.25, 0.3) is 5.91 Å². The highest BCUT2D eigenvalue weighted by molar-refractivity contribution is 7.15. The molecule has 1 aromatic rings. The molecule has 0 unspecified atom stereocenters. The molecule has 0 bridgehead atoms. The van der Waals surface area contributed by atoms with Crippen LogP contribution in [0.15, 0.2) is 12.1 Å². The number of morpholine rings is 1. The summed E-state index contributed by atoms with van der Waals surface area (Å²) in [6.45, 7) is 4.94. The quantitative estimate of drug-likeness (QED) is 0.887. The molecule has 1 fully saturated rings. The molecule has 5 nitrogen and oxygen atoms in total. The first-order valence-electron chi connectivity index (χ1n) is 5.75. The van der Waals surface area contributed by atoms with Gasteiger partial charge in [-0.05, 0) is 26.0 Å². The molecular weight excluding hydrogens is 254 g/mol. The van der Waals surface area contributed by atoms with Crippen LogP contribution >= 0.6 is 11.3 Å². The lowest BCUT2D eigenvalue weighted by Gasteiger charge is -2.35. The van der Waals surface area contributed by atoms with Gasteiger partial charge in [0.1, 0.15) is 4.88 Å². The van der Waals surface area contributed by atoms with Gasteiger partial charge in [0.05, 0.1) is 17.1 Å². The van der Waals surface area contributed by atoms with Gasteiger partial charge >= 0.3 is 5.97 Å². The Bertz CT molecular complexity index is 460. The number of aromatic carboxylic acids is 1. The van der Waals surface area contributed by atoms with Crippen LogP contribution in [0.5, 0.6) is 0 Å². The van der Waals surface area contributed by atoms with E-state index in [-0.39, 0.29) is 23.0 Å². The van der Waals surface area contributed by atoms with Crippen molar-refractivity contribution in [3.8, 4) is 0 Å². The van der Waals surface area contributed by atoms with E-state index >= 15 is 0 Å². The lowest BCUT2D eigenvalue weighted by atomic mass is 10.2. The number of rotatable bonds is 2. The predicted octanol–water partition coefficient (Wildman–Crippen LogP) is 1.70. The third-order valence-electron chi connectivity index (χ3n) is 2.73. The zero-order valence-electron chi connectivity index (χ0n) is 10.3. The second-order valence-electron chi connectivity index (χ2n) is 4.44. The molecule has 0 aromatic carbocycles. The van der Waals surface area contributed by atoms with Crippen molar-refractivity contribution in [2.45, 2.75) is 26.1 Å². The summed E-state index contributed by atoms with van der Waals surface area (Å²) < 4.78 is 5.56. The van der Waals surface area contributed by atoms with Gasteiger partial charge in [-0.15, -0.1) is 11.3 Å². The minimum atomic E-state index is -0.997. The van der Waals surface area contributed by atoms with Gasteiger partial charge in [-0.2, -0.15) is 0 Å². The van der Waals surface area contributed by atoms with Crippen LogP contribution in [0.3, 0.4) is 0 Å². The lowest BCUT2D eigenvalue weighted by Crippen LogP contribution is -2.48. The fourth-order valence-corrected chi connectivity index (χ4v) is 2.88. The average Bonchev–Trinajstić information content (AvgIpc) is 2.75. The summed E-state index contributed by atoms with van der Waals surface area (Å²) >= 11 is 1.01. The summed E-state index contributed by atoms with van der Waals surface area (Å²) in [5.74, 6) is -1.11. The number of thiophene rings is 1. The van der Waals surface area contributed by atoms with Crippen LogP contribution in [0.25, 0.3) is 0 Å². The normalized spacial score (nSPS) is 24.0. The molecular formula is C12H15NO4S. The molecule has 1 amide bonds. The second-order valence-corrected chi connectivity index (χ2v) is 5.52. The number of ether oxygens (including phenoxy) is 1. The molecule has 0 radical (unpaired) electrons. The van der Waals surface area contributed by atoms with Crippen molar-refractivity contribution in [3.05, 3.63) is 21.9 Å². The van der Waals surface area contributed by atoms with Crippen LogP contribution in [0.1, 0.15) is 33.2 Å². The molecule has 1 aromatic heterocycles. The van der Waals surface area contributed by atoms with Crippen molar-refractivity contribution in [2.24, 2.45) is 0 Å². The van der Waals surface area contributed by atoms with E-state index in [9.17, 15) is 9.59 Å². The third kappa shape index (κ3) is 2.70. The van der Waals surface area contributed by atoms with Crippen molar-refractivity contribution in [3.63, 3.8) is 0 Å². The standard InChI is InChI=1S/C12H15NO4S/c1-7-5-13(6-8(2)17-7)11(14)9-3-4-10(18-9)12(15)16/h3-4,7-8H,5-6H2,1-2H3,(H,15,16)/t7-,8+. The van der Waals surface area contributed by atoms with E-state index in [2.05, 4.69) is 0 Å². The predicted molar refractivity (Wildman–Crippen MR) is 67.2 cm³/mol. The van der Waals surface area contributed by atoms with E-state index in [0.29, 0.717) is 18.0 Å². The maximum atomic E-state index is 12.2. The topological polar surface area (TPSA) is 66.8 Å². The Morgan fingerprint density at radius 2 is 1.83 bits per heavy atom. The smallest absolute Gasteiger partial charge is 0.345 e. The Labute approximate surface area is 109 Å². The van der Waals surface area contributed by atoms with Crippen molar-refractivity contribution in [1.29, 1.82) is 0 Å². The Balaban J connectivity index is 2.12. The Morgan fingerprint density at radius 3 is 2.33 bits per heavy atom. The summed E-state index contributed by atoms with van der Waals surface area (Å²) in [4.78, 5) is 25.4. The lowest BCUT2D eigenvalue weighted by molar-refractivity contribution is -0.0585. The van der Waals surface area contributed by atoms with Crippen LogP contribution in [0.4, 0.5) is 0 Å². The van der Waals surface area contributed by atoms with Crippen LogP contribution in [-0.4, -0.2) is 47.2 Å². The molecule has 0 aliphatic carbocycles. The van der Waals surface area contributed by atoms with Gasteiger partial charge in [-0.25, -0.2) is 4.79 Å². The van der Waals surface area contributed by atoms with Crippen LogP contribution < -0.4 is 0 Å². The molecule has 1 N–H and O–H groups in total. The van der Waals surface area contributed by atoms with Gasteiger partial charge in [0, 0.05) is 13.1 Å². The molecule has 98 valence electrons. The number of carbonyl (C=O) groups excluding carboxylic acids is 1. The first-order chi connectivity index (χ1) is 8.47. The monoisotopic (exact) mass is 269 g/mol. The van der Waals surface area contributed by atoms with Gasteiger partial charge < -0.3 is 14.7 Å². The molecule has 18 heavy (non-hydrogen) atoms. The molecule has 2 atom stereocenters. The summed E-state index contributed by atoms with van der Waals surface area (Å²) in [5, 5.41) is 8.84. The number of hydrogen-bond acceptors (Lipinski definition) is 4. The third-order valence-corrected chi connectivity index (χ3v) is 3.80. The first kappa shape index (κ1) is 13.0. The van der Waals surface area contributed by atoms with Crippen LogP contribution in [0.2, 0.25) is 0 Å². The zero-order chi connectivity index (χ0) is 13.3. The fourth-order valence-electron chi connectivity index (χ4n) is 2.07. The van der Waals surface area contributed by atoms with E-state index < -0.39 is 5.97 Å². The van der Waals surface area contributed by atoms with Crippen LogP contribution in [0, 0.1) is 0 Å². The average molecular weight is 269 g/mol. The van der Waals surface area contributed by atoms with Gasteiger partial charge in [0.15, 0.2) is 0 Å². The van der Waals surface area contributed by atoms with Crippen molar-refractivity contribution in [2.75, 3.05) is 13.1 Å². The molecule has 1 aliphatic rings. The van der Waals surface area contributed by atoms with E-state index in [1.165, 1.54) is 6.07 Å². The largest absolute Gasteiger partial charge is 0.477 e. The van der Waals surface area contributed by atoms with Crippen molar-refractivity contribution >= 4 is 23.2 Å². The number of hydrogen-bond donors (Lipinski definition) is 1. The number of carboxylic acid groups (broad SMARTS) is 1. The molecule has 1 aliphatic heterocycles. The Hall–Kier alpha value is -1.40. The Morgan fingerprint density at radius 1 is 1.28 bits per heavy atom. The van der Waals surface area contributed by atoms with E-state index in [1.807, 2.05) is 13.8 Å². The molecule has 0 saturated carbocycles. The summed E-state index contributed by atoms with van der Waals surface area (Å²) in [7, 11) is 0. The molecule has 0 spiro atoms. The van der Waals surface area contributed by atoms with Crippen LogP contribution in [-0.2, 0) is 4.74 Å². The summed E-state index contributed by atoms with van der Waals surface area (Å²) in [6, 6.07) is 3.04. The highest BCUT2D eigenvalue weighted by Gasteiger charge is 2.27. The minimum absolute atomic E-state index is 0.0107. The van der Waals surface area contributed by atoms with E-state index in [4.69, 9.17) is 9.84 Å². The van der Waals surface area contributed by atoms with Crippen molar-refractivity contribution < 1.29 is 19.4 Å². The number of carboxylic acids is 1. The minimum Gasteiger partial charge on any atom is -0.477 e. The maximum absolute atomic E-state index is 12.2. The first-order valence-corrected chi connectivity index (χ1v) is 6.57. The number of amides is 1. The van der Waals surface area contributed by atoms with E-state index in [0.717, 1.165) is 11.3 Å². The molecule has 2 heterocycles. The number of carbonyl (C=O) groups is 2.